The highest BCUT2D eigenvalue weighted by molar-refractivity contribution is 4.99. The first-order valence-corrected chi connectivity index (χ1v) is 6.80. The molecule has 0 amide bonds. The van der Waals surface area contributed by atoms with Crippen LogP contribution in [0.3, 0.4) is 0 Å². The smallest absolute Gasteiger partial charge is 0.0832 e. The summed E-state index contributed by atoms with van der Waals surface area (Å²) in [5.41, 5.74) is 0.497. The van der Waals surface area contributed by atoms with Gasteiger partial charge in [0.1, 0.15) is 0 Å². The Labute approximate surface area is 106 Å². The Morgan fingerprint density at radius 3 is 2.06 bits per heavy atom. The zero-order chi connectivity index (χ0) is 12.8. The number of likely N-dealkylation sites (N-methyl/N-ethyl adjacent to an activating group) is 1. The molecule has 0 aromatic heterocycles. The highest BCUT2D eigenvalue weighted by atomic mass is 16.5. The second-order valence-electron chi connectivity index (χ2n) is 7.40. The Kier molecular flexibility index (Phi) is 3.30. The van der Waals surface area contributed by atoms with Gasteiger partial charge in [-0.25, -0.2) is 0 Å². The maximum atomic E-state index is 6.20. The molecular weight excluding hydrogens is 212 g/mol. The molecule has 0 spiro atoms. The van der Waals surface area contributed by atoms with E-state index >= 15 is 0 Å². The Morgan fingerprint density at radius 1 is 1.06 bits per heavy atom. The van der Waals surface area contributed by atoms with Crippen molar-refractivity contribution < 1.29 is 4.74 Å². The molecule has 1 atom stereocenters. The number of ether oxygens (including phenoxy) is 1. The number of rotatable bonds is 2. The topological polar surface area (TPSA) is 15.7 Å². The third-order valence-electron chi connectivity index (χ3n) is 4.07. The van der Waals surface area contributed by atoms with Crippen molar-refractivity contribution in [1.82, 2.24) is 9.80 Å². The first-order valence-electron chi connectivity index (χ1n) is 6.80. The lowest BCUT2D eigenvalue weighted by atomic mass is 9.96. The number of hydrogen-bond acceptors (Lipinski definition) is 3. The van der Waals surface area contributed by atoms with E-state index in [4.69, 9.17) is 4.74 Å². The van der Waals surface area contributed by atoms with Gasteiger partial charge >= 0.3 is 0 Å². The van der Waals surface area contributed by atoms with Crippen LogP contribution < -0.4 is 0 Å². The van der Waals surface area contributed by atoms with E-state index in [0.717, 1.165) is 26.1 Å². The molecule has 2 aliphatic rings. The molecule has 0 aromatic rings. The van der Waals surface area contributed by atoms with Gasteiger partial charge in [-0.2, -0.15) is 0 Å². The molecule has 0 bridgehead atoms. The molecule has 100 valence electrons. The summed E-state index contributed by atoms with van der Waals surface area (Å²) in [6, 6.07) is 0. The van der Waals surface area contributed by atoms with Crippen LogP contribution in [0.1, 0.15) is 41.0 Å². The fourth-order valence-electron chi connectivity index (χ4n) is 3.46. The Morgan fingerprint density at radius 2 is 1.65 bits per heavy atom. The fourth-order valence-corrected chi connectivity index (χ4v) is 3.46. The van der Waals surface area contributed by atoms with Crippen molar-refractivity contribution in [1.29, 1.82) is 0 Å². The van der Waals surface area contributed by atoms with Crippen molar-refractivity contribution in [2.24, 2.45) is 0 Å². The van der Waals surface area contributed by atoms with E-state index in [1.165, 1.54) is 0 Å². The minimum absolute atomic E-state index is 0.234. The minimum atomic E-state index is 0.234. The largest absolute Gasteiger partial charge is 0.371 e. The van der Waals surface area contributed by atoms with Crippen LogP contribution in [0.5, 0.6) is 0 Å². The molecule has 2 heterocycles. The molecule has 0 aliphatic carbocycles. The molecule has 0 radical (unpaired) electrons. The maximum Gasteiger partial charge on any atom is 0.0832 e. The Bertz CT molecular complexity index is 276. The standard InChI is InChI=1S/C14H28N2O/c1-13(2,3)16-10-11(7-14(16,4)5)17-12-8-15(6)9-12/h11-12H,7-10H2,1-6H3/t11-/m1/s1. The molecular formula is C14H28N2O. The zero-order valence-electron chi connectivity index (χ0n) is 12.3. The van der Waals surface area contributed by atoms with E-state index in [0.29, 0.717) is 12.2 Å². The summed E-state index contributed by atoms with van der Waals surface area (Å²) in [7, 11) is 2.15. The third-order valence-corrected chi connectivity index (χ3v) is 4.07. The van der Waals surface area contributed by atoms with E-state index in [2.05, 4.69) is 51.5 Å². The lowest BCUT2D eigenvalue weighted by Gasteiger charge is -2.42. The average Bonchev–Trinajstić information content (AvgIpc) is 2.37. The summed E-state index contributed by atoms with van der Waals surface area (Å²) in [6.07, 6.45) is 2.05. The van der Waals surface area contributed by atoms with Crippen LogP contribution in [0.15, 0.2) is 0 Å². The molecule has 0 N–H and O–H groups in total. The molecule has 3 nitrogen and oxygen atoms in total. The van der Waals surface area contributed by atoms with E-state index in [1.807, 2.05) is 0 Å². The number of hydrogen-bond donors (Lipinski definition) is 0. The van der Waals surface area contributed by atoms with Crippen molar-refractivity contribution in [3.05, 3.63) is 0 Å². The van der Waals surface area contributed by atoms with Crippen LogP contribution in [0.25, 0.3) is 0 Å². The van der Waals surface area contributed by atoms with Gasteiger partial charge in [0.15, 0.2) is 0 Å². The van der Waals surface area contributed by atoms with E-state index in [-0.39, 0.29) is 11.1 Å². The molecule has 3 heteroatoms. The van der Waals surface area contributed by atoms with Crippen molar-refractivity contribution in [3.8, 4) is 0 Å². The highest BCUT2D eigenvalue weighted by Crippen LogP contribution is 2.36. The summed E-state index contributed by atoms with van der Waals surface area (Å²) in [4.78, 5) is 4.90. The summed E-state index contributed by atoms with van der Waals surface area (Å²) in [6.45, 7) is 14.9. The van der Waals surface area contributed by atoms with Crippen molar-refractivity contribution in [3.63, 3.8) is 0 Å². The zero-order valence-corrected chi connectivity index (χ0v) is 12.3. The van der Waals surface area contributed by atoms with Gasteiger partial charge in [-0.3, -0.25) is 4.90 Å². The second-order valence-corrected chi connectivity index (χ2v) is 7.40. The fraction of sp³-hybridized carbons (Fsp3) is 1.00. The van der Waals surface area contributed by atoms with Gasteiger partial charge < -0.3 is 9.64 Å². The molecule has 2 fully saturated rings. The van der Waals surface area contributed by atoms with E-state index in [9.17, 15) is 0 Å². The first-order chi connectivity index (χ1) is 7.68. The van der Waals surface area contributed by atoms with Crippen LogP contribution >= 0.6 is 0 Å². The van der Waals surface area contributed by atoms with E-state index in [1.54, 1.807) is 0 Å². The summed E-state index contributed by atoms with van der Waals surface area (Å²) in [5.74, 6) is 0. The first kappa shape index (κ1) is 13.3. The monoisotopic (exact) mass is 240 g/mol. The highest BCUT2D eigenvalue weighted by Gasteiger charge is 2.45. The predicted octanol–water partition coefficient (Wildman–Crippen LogP) is 1.97. The Balaban J connectivity index is 1.92. The van der Waals surface area contributed by atoms with Gasteiger partial charge in [-0.05, 0) is 48.1 Å². The summed E-state index contributed by atoms with van der Waals surface area (Å²) < 4.78 is 6.20. The van der Waals surface area contributed by atoms with Crippen LogP contribution in [0.2, 0.25) is 0 Å². The molecule has 17 heavy (non-hydrogen) atoms. The van der Waals surface area contributed by atoms with Gasteiger partial charge in [-0.1, -0.05) is 0 Å². The lowest BCUT2D eigenvalue weighted by molar-refractivity contribution is -0.0811. The minimum Gasteiger partial charge on any atom is -0.371 e. The van der Waals surface area contributed by atoms with Crippen molar-refractivity contribution in [2.75, 3.05) is 26.7 Å². The van der Waals surface area contributed by atoms with Crippen LogP contribution in [-0.4, -0.2) is 59.8 Å². The molecule has 2 rings (SSSR count). The van der Waals surface area contributed by atoms with E-state index < -0.39 is 0 Å². The van der Waals surface area contributed by atoms with Gasteiger partial charge in [0.2, 0.25) is 0 Å². The SMILES string of the molecule is CN1CC(O[C@H]2CN(C(C)(C)C)C(C)(C)C2)C1. The quantitative estimate of drug-likeness (QED) is 0.734. The van der Waals surface area contributed by atoms with Crippen LogP contribution in [0, 0.1) is 0 Å². The summed E-state index contributed by atoms with van der Waals surface area (Å²) in [5, 5.41) is 0. The Hall–Kier alpha value is -0.120. The molecule has 0 saturated carbocycles. The predicted molar refractivity (Wildman–Crippen MR) is 71.3 cm³/mol. The van der Waals surface area contributed by atoms with Crippen LogP contribution in [-0.2, 0) is 4.74 Å². The second kappa shape index (κ2) is 4.22. The molecule has 0 aromatic carbocycles. The number of nitrogens with zero attached hydrogens (tertiary/aromatic N) is 2. The van der Waals surface area contributed by atoms with Gasteiger partial charge in [0.25, 0.3) is 0 Å². The maximum absolute atomic E-state index is 6.20. The lowest BCUT2D eigenvalue weighted by Crippen LogP contribution is -2.52. The normalized spacial score (nSPS) is 31.8. The third kappa shape index (κ3) is 2.83. The molecule has 2 saturated heterocycles. The molecule has 2 aliphatic heterocycles. The van der Waals surface area contributed by atoms with Gasteiger partial charge in [0.05, 0.1) is 12.2 Å². The average molecular weight is 240 g/mol. The number of likely N-dealkylation sites (tertiary alicyclic amines) is 2. The van der Waals surface area contributed by atoms with Crippen LogP contribution in [0.4, 0.5) is 0 Å². The summed E-state index contributed by atoms with van der Waals surface area (Å²) >= 11 is 0. The van der Waals surface area contributed by atoms with Crippen molar-refractivity contribution >= 4 is 0 Å². The molecule has 0 unspecified atom stereocenters. The van der Waals surface area contributed by atoms with Gasteiger partial charge in [-0.15, -0.1) is 0 Å². The van der Waals surface area contributed by atoms with Crippen molar-refractivity contribution in [2.45, 2.75) is 64.3 Å². The van der Waals surface area contributed by atoms with Gasteiger partial charge in [0, 0.05) is 30.7 Å².